The summed E-state index contributed by atoms with van der Waals surface area (Å²) in [5.74, 6) is 1.15. The number of aromatic hydroxyl groups is 1. The van der Waals surface area contributed by atoms with Crippen LogP contribution in [0.4, 0.5) is 0 Å². The second kappa shape index (κ2) is 5.77. The van der Waals surface area contributed by atoms with Gasteiger partial charge in [-0.3, -0.25) is 0 Å². The van der Waals surface area contributed by atoms with Gasteiger partial charge in [-0.15, -0.1) is 0 Å². The molecule has 0 saturated carbocycles. The molecule has 0 aliphatic carbocycles. The maximum Gasteiger partial charge on any atom is 0.126 e. The quantitative estimate of drug-likeness (QED) is 0.652. The molecule has 1 unspecified atom stereocenters. The zero-order valence-corrected chi connectivity index (χ0v) is 12.5. The molecule has 1 N–H and O–H groups in total. The van der Waals surface area contributed by atoms with Crippen molar-refractivity contribution in [1.82, 2.24) is 0 Å². The molecule has 0 aromatic heterocycles. The van der Waals surface area contributed by atoms with Gasteiger partial charge in [0.2, 0.25) is 0 Å². The maximum absolute atomic E-state index is 10.1. The Bertz CT molecular complexity index is 566. The van der Waals surface area contributed by atoms with E-state index in [-0.39, 0.29) is 0 Å². The lowest BCUT2D eigenvalue weighted by Crippen LogP contribution is -2.09. The minimum Gasteiger partial charge on any atom is -0.507 e. The Morgan fingerprint density at radius 3 is 2.61 bits per heavy atom. The van der Waals surface area contributed by atoms with Gasteiger partial charge < -0.3 is 5.11 Å². The first-order chi connectivity index (χ1) is 8.61. The third-order valence-corrected chi connectivity index (χ3v) is 4.71. The molecule has 1 nitrogen and oxygen atoms in total. The molecule has 0 saturated heterocycles. The van der Waals surface area contributed by atoms with Crippen molar-refractivity contribution in [3.63, 3.8) is 0 Å². The van der Waals surface area contributed by atoms with Crippen LogP contribution in [0.5, 0.6) is 5.75 Å². The van der Waals surface area contributed by atoms with Gasteiger partial charge in [0.1, 0.15) is 5.75 Å². The van der Waals surface area contributed by atoms with Gasteiger partial charge in [0, 0.05) is 11.1 Å². The second-order valence-corrected chi connectivity index (χ2v) is 6.06. The molecule has 94 valence electrons. The van der Waals surface area contributed by atoms with Crippen molar-refractivity contribution < 1.29 is 5.11 Å². The van der Waals surface area contributed by atoms with Gasteiger partial charge in [0.05, 0.1) is 0 Å². The van der Waals surface area contributed by atoms with E-state index in [1.807, 2.05) is 25.1 Å². The van der Waals surface area contributed by atoms with E-state index < -0.39 is 0 Å². The number of phenols is 1. The highest BCUT2D eigenvalue weighted by Crippen LogP contribution is 2.23. The number of thiol groups is 1. The molecule has 2 rings (SSSR count). The predicted octanol–water partition coefficient (Wildman–Crippen LogP) is 3.07. The first kappa shape index (κ1) is 13.5. The van der Waals surface area contributed by atoms with E-state index in [4.69, 9.17) is 0 Å². The second-order valence-electron chi connectivity index (χ2n) is 4.41. The number of aryl methyl sites for hydroxylation is 2. The predicted molar refractivity (Wildman–Crippen MR) is 84.3 cm³/mol. The lowest BCUT2D eigenvalue weighted by atomic mass is 10.2. The molecule has 0 aliphatic rings. The number of para-hydroxylation sites is 1. The Kier molecular flexibility index (Phi) is 4.31. The Morgan fingerprint density at radius 2 is 1.89 bits per heavy atom. The van der Waals surface area contributed by atoms with Crippen LogP contribution in [0.3, 0.4) is 0 Å². The highest BCUT2D eigenvalue weighted by atomic mass is 32.1. The lowest BCUT2D eigenvalue weighted by molar-refractivity contribution is 0.475. The summed E-state index contributed by atoms with van der Waals surface area (Å²) in [6.07, 6.45) is 0. The highest BCUT2D eigenvalue weighted by molar-refractivity contribution is 7.79. The zero-order valence-electron chi connectivity index (χ0n) is 10.6. The Morgan fingerprint density at radius 1 is 1.11 bits per heavy atom. The van der Waals surface area contributed by atoms with Crippen molar-refractivity contribution in [3.05, 3.63) is 53.1 Å². The first-order valence-electron chi connectivity index (χ1n) is 5.88. The van der Waals surface area contributed by atoms with Crippen molar-refractivity contribution in [2.45, 2.75) is 19.6 Å². The summed E-state index contributed by atoms with van der Waals surface area (Å²) in [7, 11) is 0.475. The highest BCUT2D eigenvalue weighted by Gasteiger charge is 2.07. The summed E-state index contributed by atoms with van der Waals surface area (Å²) in [6, 6.07) is 12.3. The van der Waals surface area contributed by atoms with Crippen LogP contribution >= 0.6 is 21.2 Å². The minimum absolute atomic E-state index is 0.418. The number of phenolic OH excluding ortho intramolecular Hbond substituents is 1. The van der Waals surface area contributed by atoms with Gasteiger partial charge in [0.15, 0.2) is 0 Å². The van der Waals surface area contributed by atoms with Gasteiger partial charge >= 0.3 is 0 Å². The van der Waals surface area contributed by atoms with Crippen LogP contribution in [0, 0.1) is 13.8 Å². The largest absolute Gasteiger partial charge is 0.507 e. The number of hydrogen-bond acceptors (Lipinski definition) is 2. The zero-order chi connectivity index (χ0) is 13.1. The Hall–Kier alpha value is -0.980. The van der Waals surface area contributed by atoms with E-state index in [0.717, 1.165) is 16.6 Å². The summed E-state index contributed by atoms with van der Waals surface area (Å²) in [4.78, 5) is 0. The SMILES string of the molecule is Cc1ccc(Pc2cccc(C)c2O)c(CS)c1. The topological polar surface area (TPSA) is 20.2 Å². The summed E-state index contributed by atoms with van der Waals surface area (Å²) in [5, 5.41) is 12.3. The molecular formula is C15H17OPS. The van der Waals surface area contributed by atoms with Crippen molar-refractivity contribution in [2.75, 3.05) is 0 Å². The molecule has 1 atom stereocenters. The number of benzene rings is 2. The van der Waals surface area contributed by atoms with Crippen LogP contribution in [0.15, 0.2) is 36.4 Å². The molecule has 0 amide bonds. The van der Waals surface area contributed by atoms with Crippen molar-refractivity contribution in [1.29, 1.82) is 0 Å². The Labute approximate surface area is 115 Å². The molecule has 2 aromatic rings. The van der Waals surface area contributed by atoms with Crippen LogP contribution in [-0.4, -0.2) is 5.11 Å². The van der Waals surface area contributed by atoms with Gasteiger partial charge in [0.25, 0.3) is 0 Å². The average Bonchev–Trinajstić information content (AvgIpc) is 2.37. The summed E-state index contributed by atoms with van der Waals surface area (Å²) < 4.78 is 0. The lowest BCUT2D eigenvalue weighted by Gasteiger charge is -2.11. The smallest absolute Gasteiger partial charge is 0.126 e. The first-order valence-corrected chi connectivity index (χ1v) is 7.51. The Balaban J connectivity index is 2.37. The number of hydrogen-bond donors (Lipinski definition) is 2. The fraction of sp³-hybridized carbons (Fsp3) is 0.200. The molecule has 2 aromatic carbocycles. The summed E-state index contributed by atoms with van der Waals surface area (Å²) in [5.41, 5.74) is 3.43. The van der Waals surface area contributed by atoms with Crippen molar-refractivity contribution >= 4 is 31.8 Å². The van der Waals surface area contributed by atoms with E-state index in [1.54, 1.807) is 0 Å². The van der Waals surface area contributed by atoms with Gasteiger partial charge in [-0.25, -0.2) is 0 Å². The van der Waals surface area contributed by atoms with E-state index in [2.05, 4.69) is 37.8 Å². The molecule has 0 fully saturated rings. The molecule has 3 heteroatoms. The molecule has 0 aliphatic heterocycles. The van der Waals surface area contributed by atoms with Gasteiger partial charge in [-0.1, -0.05) is 50.5 Å². The molecule has 0 heterocycles. The maximum atomic E-state index is 10.1. The fourth-order valence-electron chi connectivity index (χ4n) is 1.88. The summed E-state index contributed by atoms with van der Waals surface area (Å²) in [6.45, 7) is 4.02. The van der Waals surface area contributed by atoms with Crippen LogP contribution < -0.4 is 10.6 Å². The van der Waals surface area contributed by atoms with Crippen molar-refractivity contribution in [2.24, 2.45) is 0 Å². The van der Waals surface area contributed by atoms with E-state index in [9.17, 15) is 5.11 Å². The summed E-state index contributed by atoms with van der Waals surface area (Å²) >= 11 is 4.38. The van der Waals surface area contributed by atoms with E-state index in [1.165, 1.54) is 16.4 Å². The average molecular weight is 276 g/mol. The number of rotatable bonds is 3. The normalized spacial score (nSPS) is 11.3. The molecular weight excluding hydrogens is 259 g/mol. The molecule has 0 bridgehead atoms. The van der Waals surface area contributed by atoms with Crippen LogP contribution in [0.1, 0.15) is 16.7 Å². The molecule has 18 heavy (non-hydrogen) atoms. The van der Waals surface area contributed by atoms with E-state index in [0.29, 0.717) is 14.3 Å². The fourth-order valence-corrected chi connectivity index (χ4v) is 3.56. The van der Waals surface area contributed by atoms with Gasteiger partial charge in [-0.05, 0) is 30.3 Å². The third-order valence-electron chi connectivity index (χ3n) is 2.94. The van der Waals surface area contributed by atoms with Crippen molar-refractivity contribution in [3.8, 4) is 5.75 Å². The minimum atomic E-state index is 0.418. The monoisotopic (exact) mass is 276 g/mol. The van der Waals surface area contributed by atoms with Crippen LogP contribution in [-0.2, 0) is 5.75 Å². The van der Waals surface area contributed by atoms with Crippen LogP contribution in [0.2, 0.25) is 0 Å². The van der Waals surface area contributed by atoms with Crippen LogP contribution in [0.25, 0.3) is 0 Å². The van der Waals surface area contributed by atoms with Gasteiger partial charge in [-0.2, -0.15) is 12.6 Å². The standard InChI is InChI=1S/C15H17OPS/c1-10-6-7-13(12(8-10)9-18)17-14-5-3-4-11(2)15(14)16/h3-8,16-18H,9H2,1-2H3. The third kappa shape index (κ3) is 2.88. The molecule has 0 spiro atoms. The van der Waals surface area contributed by atoms with E-state index >= 15 is 0 Å². The molecule has 0 radical (unpaired) electrons.